The Kier molecular flexibility index (Phi) is 5.33. The predicted molar refractivity (Wildman–Crippen MR) is 87.5 cm³/mol. The maximum atomic E-state index is 6.00. The molecule has 0 radical (unpaired) electrons. The van der Waals surface area contributed by atoms with E-state index in [0.717, 1.165) is 25.2 Å². The lowest BCUT2D eigenvalue weighted by Crippen LogP contribution is -2.24. The molecule has 0 aliphatic heterocycles. The molecule has 1 heterocycles. The van der Waals surface area contributed by atoms with Gasteiger partial charge in [0.15, 0.2) is 0 Å². The fourth-order valence-electron chi connectivity index (χ4n) is 2.04. The van der Waals surface area contributed by atoms with Crippen molar-refractivity contribution in [3.05, 3.63) is 35.1 Å². The number of anilines is 3. The first-order valence-corrected chi connectivity index (χ1v) is 7.56. The van der Waals surface area contributed by atoms with Crippen molar-refractivity contribution in [3.8, 4) is 0 Å². The number of nitrogens with one attached hydrogen (secondary N) is 1. The average Bonchev–Trinajstić information content (AvgIpc) is 2.48. The topological polar surface area (TPSA) is 53.9 Å². The first-order valence-electron chi connectivity index (χ1n) is 7.18. The highest BCUT2D eigenvalue weighted by Crippen LogP contribution is 2.18. The number of rotatable bonds is 6. The summed E-state index contributed by atoms with van der Waals surface area (Å²) in [6.45, 7) is 7.87. The molecule has 0 amide bonds. The average molecular weight is 306 g/mol. The summed E-state index contributed by atoms with van der Waals surface area (Å²) in [6.07, 6.45) is 0.984. The van der Waals surface area contributed by atoms with E-state index in [1.165, 1.54) is 5.56 Å². The number of halogens is 1. The van der Waals surface area contributed by atoms with Gasteiger partial charge in [-0.1, -0.05) is 19.1 Å². The molecule has 0 saturated heterocycles. The first kappa shape index (κ1) is 15.5. The molecule has 0 fully saturated rings. The van der Waals surface area contributed by atoms with Crippen molar-refractivity contribution >= 4 is 29.2 Å². The monoisotopic (exact) mass is 305 g/mol. The summed E-state index contributed by atoms with van der Waals surface area (Å²) in [5, 5.41) is 3.38. The number of hydrogen-bond donors (Lipinski definition) is 1. The minimum Gasteiger partial charge on any atom is -0.341 e. The Morgan fingerprint density at radius 3 is 2.52 bits per heavy atom. The van der Waals surface area contributed by atoms with Gasteiger partial charge < -0.3 is 10.2 Å². The molecule has 1 aromatic heterocycles. The van der Waals surface area contributed by atoms with Crippen LogP contribution in [0.15, 0.2) is 24.3 Å². The lowest BCUT2D eigenvalue weighted by Gasteiger charge is -2.18. The van der Waals surface area contributed by atoms with Crippen molar-refractivity contribution in [2.24, 2.45) is 0 Å². The summed E-state index contributed by atoms with van der Waals surface area (Å²) < 4.78 is 0. The van der Waals surface area contributed by atoms with E-state index >= 15 is 0 Å². The lowest BCUT2D eigenvalue weighted by molar-refractivity contribution is 0.814. The maximum Gasteiger partial charge on any atom is 0.233 e. The summed E-state index contributed by atoms with van der Waals surface area (Å²) in [5.74, 6) is 1.05. The van der Waals surface area contributed by atoms with Crippen LogP contribution in [0.1, 0.15) is 26.3 Å². The molecule has 2 aromatic rings. The van der Waals surface area contributed by atoms with E-state index in [2.05, 4.69) is 53.2 Å². The predicted octanol–water partition coefficient (Wildman–Crippen LogP) is 3.68. The molecular weight excluding hydrogens is 286 g/mol. The minimum absolute atomic E-state index is 0.195. The second kappa shape index (κ2) is 7.22. The van der Waals surface area contributed by atoms with Crippen molar-refractivity contribution in [2.75, 3.05) is 23.3 Å². The quantitative estimate of drug-likeness (QED) is 0.882. The van der Waals surface area contributed by atoms with E-state index < -0.39 is 0 Å². The van der Waals surface area contributed by atoms with Crippen molar-refractivity contribution in [1.82, 2.24) is 15.0 Å². The van der Waals surface area contributed by atoms with E-state index in [9.17, 15) is 0 Å². The Balaban J connectivity index is 2.27. The van der Waals surface area contributed by atoms with Crippen LogP contribution >= 0.6 is 11.6 Å². The fraction of sp³-hybridized carbons (Fsp3) is 0.400. The largest absolute Gasteiger partial charge is 0.341 e. The van der Waals surface area contributed by atoms with Crippen LogP contribution in [0.5, 0.6) is 0 Å². The van der Waals surface area contributed by atoms with Crippen LogP contribution < -0.4 is 10.2 Å². The van der Waals surface area contributed by atoms with E-state index in [1.807, 2.05) is 17.0 Å². The van der Waals surface area contributed by atoms with Gasteiger partial charge in [-0.15, -0.1) is 0 Å². The molecule has 0 atom stereocenters. The van der Waals surface area contributed by atoms with Crippen LogP contribution in [0.3, 0.4) is 0 Å². The standard InChI is InChI=1S/C15H20ClN5/c1-4-11-8-7-9-12(10-11)17-14-18-13(16)19-15(20-14)21(5-2)6-3/h7-10H,4-6H2,1-3H3,(H,17,18,19,20). The van der Waals surface area contributed by atoms with E-state index in [-0.39, 0.29) is 5.28 Å². The lowest BCUT2D eigenvalue weighted by atomic mass is 10.1. The molecule has 6 heteroatoms. The normalized spacial score (nSPS) is 10.5. The molecule has 21 heavy (non-hydrogen) atoms. The zero-order valence-electron chi connectivity index (χ0n) is 12.6. The van der Waals surface area contributed by atoms with E-state index in [0.29, 0.717) is 11.9 Å². The molecule has 1 aromatic carbocycles. The van der Waals surface area contributed by atoms with Crippen LogP contribution in [0.2, 0.25) is 5.28 Å². The molecule has 5 nitrogen and oxygen atoms in total. The van der Waals surface area contributed by atoms with Crippen LogP contribution in [-0.4, -0.2) is 28.0 Å². The highest BCUT2D eigenvalue weighted by Gasteiger charge is 2.10. The van der Waals surface area contributed by atoms with Crippen LogP contribution in [0.4, 0.5) is 17.6 Å². The van der Waals surface area contributed by atoms with Crippen LogP contribution in [0, 0.1) is 0 Å². The third-order valence-electron chi connectivity index (χ3n) is 3.23. The van der Waals surface area contributed by atoms with Crippen LogP contribution in [0.25, 0.3) is 0 Å². The number of hydrogen-bond acceptors (Lipinski definition) is 5. The van der Waals surface area contributed by atoms with Crippen molar-refractivity contribution in [2.45, 2.75) is 27.2 Å². The molecule has 0 saturated carbocycles. The number of aryl methyl sites for hydroxylation is 1. The Morgan fingerprint density at radius 1 is 1.10 bits per heavy atom. The van der Waals surface area contributed by atoms with Crippen molar-refractivity contribution in [3.63, 3.8) is 0 Å². The molecule has 1 N–H and O–H groups in total. The Hall–Kier alpha value is -1.88. The molecule has 0 spiro atoms. The molecule has 0 bridgehead atoms. The van der Waals surface area contributed by atoms with Gasteiger partial charge >= 0.3 is 0 Å². The SMILES string of the molecule is CCc1cccc(Nc2nc(Cl)nc(N(CC)CC)n2)c1. The van der Waals surface area contributed by atoms with Gasteiger partial charge in [0, 0.05) is 18.8 Å². The third kappa shape index (κ3) is 4.04. The summed E-state index contributed by atoms with van der Waals surface area (Å²) in [5.41, 5.74) is 2.20. The van der Waals surface area contributed by atoms with Gasteiger partial charge in [0.1, 0.15) is 0 Å². The van der Waals surface area contributed by atoms with Crippen molar-refractivity contribution < 1.29 is 0 Å². The van der Waals surface area contributed by atoms with Gasteiger partial charge in [-0.3, -0.25) is 0 Å². The summed E-state index contributed by atoms with van der Waals surface area (Å²) in [6, 6.07) is 8.16. The van der Waals surface area contributed by atoms with Gasteiger partial charge in [-0.05, 0) is 49.6 Å². The second-order valence-corrected chi connectivity index (χ2v) is 4.92. The molecule has 0 aliphatic carbocycles. The summed E-state index contributed by atoms with van der Waals surface area (Å²) in [4.78, 5) is 14.8. The first-order chi connectivity index (χ1) is 10.2. The Labute approximate surface area is 130 Å². The van der Waals surface area contributed by atoms with Crippen molar-refractivity contribution in [1.29, 1.82) is 0 Å². The van der Waals surface area contributed by atoms with Gasteiger partial charge in [0.05, 0.1) is 0 Å². The smallest absolute Gasteiger partial charge is 0.233 e. The number of nitrogens with zero attached hydrogens (tertiary/aromatic N) is 4. The molecule has 2 rings (SSSR count). The molecule has 0 aliphatic rings. The van der Waals surface area contributed by atoms with E-state index in [1.54, 1.807) is 0 Å². The molecule has 112 valence electrons. The summed E-state index contributed by atoms with van der Waals surface area (Å²) in [7, 11) is 0. The van der Waals surface area contributed by atoms with Gasteiger partial charge in [0.2, 0.25) is 17.2 Å². The van der Waals surface area contributed by atoms with Gasteiger partial charge in [-0.25, -0.2) is 0 Å². The highest BCUT2D eigenvalue weighted by molar-refractivity contribution is 6.28. The highest BCUT2D eigenvalue weighted by atomic mass is 35.5. The fourth-order valence-corrected chi connectivity index (χ4v) is 2.20. The summed E-state index contributed by atoms with van der Waals surface area (Å²) >= 11 is 6.00. The maximum absolute atomic E-state index is 6.00. The third-order valence-corrected chi connectivity index (χ3v) is 3.40. The number of benzene rings is 1. The zero-order valence-corrected chi connectivity index (χ0v) is 13.4. The van der Waals surface area contributed by atoms with Gasteiger partial charge in [-0.2, -0.15) is 15.0 Å². The van der Waals surface area contributed by atoms with Crippen LogP contribution in [-0.2, 0) is 6.42 Å². The van der Waals surface area contributed by atoms with E-state index in [4.69, 9.17) is 11.6 Å². The zero-order chi connectivity index (χ0) is 15.2. The Morgan fingerprint density at radius 2 is 1.86 bits per heavy atom. The molecule has 0 unspecified atom stereocenters. The minimum atomic E-state index is 0.195. The second-order valence-electron chi connectivity index (χ2n) is 4.58. The number of aromatic nitrogens is 3. The Bertz CT molecular complexity index is 598. The van der Waals surface area contributed by atoms with Gasteiger partial charge in [0.25, 0.3) is 0 Å². The molecular formula is C15H20ClN5.